The van der Waals surface area contributed by atoms with Crippen molar-refractivity contribution in [3.8, 4) is 5.75 Å². The maximum atomic E-state index is 5.26. The lowest BCUT2D eigenvalue weighted by atomic mass is 9.98. The second kappa shape index (κ2) is 8.75. The average molecular weight is 376 g/mol. The minimum Gasteiger partial charge on any atom is -0.497 e. The number of methoxy groups -OCH3 is 1. The molecule has 0 unspecified atom stereocenters. The number of ether oxygens (including phenoxy) is 1. The van der Waals surface area contributed by atoms with Gasteiger partial charge in [-0.05, 0) is 43.1 Å². The van der Waals surface area contributed by atoms with Crippen molar-refractivity contribution in [1.82, 2.24) is 24.8 Å². The zero-order chi connectivity index (χ0) is 19.2. The molecule has 7 nitrogen and oxygen atoms in total. The molecular formula is C21H24N6O. The Morgan fingerprint density at radius 2 is 1.96 bits per heavy atom. The van der Waals surface area contributed by atoms with Crippen LogP contribution < -0.4 is 10.1 Å². The van der Waals surface area contributed by atoms with E-state index in [0.717, 1.165) is 31.0 Å². The molecule has 0 bridgehead atoms. The van der Waals surface area contributed by atoms with Crippen LogP contribution in [-0.2, 0) is 6.54 Å². The van der Waals surface area contributed by atoms with Crippen LogP contribution in [0, 0.1) is 0 Å². The fraction of sp³-hybridized carbons (Fsp3) is 0.333. The molecule has 0 saturated carbocycles. The number of aromatic nitrogens is 4. The maximum Gasteiger partial charge on any atom is 0.228 e. The summed E-state index contributed by atoms with van der Waals surface area (Å²) < 4.78 is 5.26. The Kier molecular flexibility index (Phi) is 5.72. The predicted octanol–water partition coefficient (Wildman–Crippen LogP) is 3.75. The molecule has 1 atom stereocenters. The highest BCUT2D eigenvalue weighted by Crippen LogP contribution is 2.31. The van der Waals surface area contributed by atoms with Gasteiger partial charge in [0.2, 0.25) is 5.95 Å². The molecule has 0 aliphatic carbocycles. The zero-order valence-corrected chi connectivity index (χ0v) is 16.0. The number of rotatable bonds is 6. The summed E-state index contributed by atoms with van der Waals surface area (Å²) in [5.41, 5.74) is 2.31. The lowest BCUT2D eigenvalue weighted by Crippen LogP contribution is -2.33. The SMILES string of the molecule is COc1ccc(CN2CCCC[C@@H]2c2ccnc(Nc3cnccn3)n2)cc1. The molecule has 1 aliphatic rings. The number of likely N-dealkylation sites (tertiary alicyclic amines) is 1. The van der Waals surface area contributed by atoms with Crippen molar-refractivity contribution >= 4 is 11.8 Å². The normalized spacial score (nSPS) is 17.2. The molecule has 0 spiro atoms. The summed E-state index contributed by atoms with van der Waals surface area (Å²) in [5.74, 6) is 2.07. The molecule has 28 heavy (non-hydrogen) atoms. The van der Waals surface area contributed by atoms with E-state index in [-0.39, 0.29) is 6.04 Å². The number of piperidine rings is 1. The second-order valence-electron chi connectivity index (χ2n) is 6.85. The van der Waals surface area contributed by atoms with Gasteiger partial charge in [0.05, 0.1) is 25.0 Å². The quantitative estimate of drug-likeness (QED) is 0.702. The molecule has 3 aromatic rings. The van der Waals surface area contributed by atoms with E-state index in [4.69, 9.17) is 9.72 Å². The molecule has 4 rings (SSSR count). The van der Waals surface area contributed by atoms with Gasteiger partial charge in [-0.3, -0.25) is 9.88 Å². The third kappa shape index (κ3) is 4.43. The Bertz CT molecular complexity index is 887. The molecule has 1 aromatic carbocycles. The highest BCUT2D eigenvalue weighted by atomic mass is 16.5. The monoisotopic (exact) mass is 376 g/mol. The Hall–Kier alpha value is -3.06. The molecule has 2 aromatic heterocycles. The summed E-state index contributed by atoms with van der Waals surface area (Å²) >= 11 is 0. The summed E-state index contributed by atoms with van der Waals surface area (Å²) in [5, 5.41) is 3.13. The maximum absolute atomic E-state index is 5.26. The zero-order valence-electron chi connectivity index (χ0n) is 16.0. The lowest BCUT2D eigenvalue weighted by molar-refractivity contribution is 0.137. The predicted molar refractivity (Wildman–Crippen MR) is 107 cm³/mol. The van der Waals surface area contributed by atoms with Gasteiger partial charge in [-0.25, -0.2) is 15.0 Å². The van der Waals surface area contributed by atoms with Crippen molar-refractivity contribution in [2.75, 3.05) is 19.0 Å². The fourth-order valence-corrected chi connectivity index (χ4v) is 3.58. The van der Waals surface area contributed by atoms with E-state index in [1.807, 2.05) is 18.2 Å². The van der Waals surface area contributed by atoms with E-state index in [1.165, 1.54) is 18.4 Å². The van der Waals surface area contributed by atoms with Crippen LogP contribution in [0.1, 0.15) is 36.6 Å². The van der Waals surface area contributed by atoms with Gasteiger partial charge in [-0.1, -0.05) is 18.6 Å². The highest BCUT2D eigenvalue weighted by molar-refractivity contribution is 5.45. The van der Waals surface area contributed by atoms with Gasteiger partial charge in [0.15, 0.2) is 5.82 Å². The van der Waals surface area contributed by atoms with Crippen LogP contribution in [0.4, 0.5) is 11.8 Å². The Labute approximate surface area is 164 Å². The van der Waals surface area contributed by atoms with Crippen LogP contribution in [0.3, 0.4) is 0 Å². The van der Waals surface area contributed by atoms with E-state index in [0.29, 0.717) is 11.8 Å². The number of nitrogens with zero attached hydrogens (tertiary/aromatic N) is 5. The first kappa shape index (κ1) is 18.3. The van der Waals surface area contributed by atoms with Crippen molar-refractivity contribution in [1.29, 1.82) is 0 Å². The minimum absolute atomic E-state index is 0.279. The van der Waals surface area contributed by atoms with Gasteiger partial charge in [0.25, 0.3) is 0 Å². The standard InChI is InChI=1S/C21H24N6O/c1-28-17-7-5-16(6-8-17)15-27-13-3-2-4-19(27)18-9-10-24-21(25-18)26-20-14-22-11-12-23-20/h5-12,14,19H,2-4,13,15H2,1H3,(H,23,24,25,26)/t19-/m1/s1. The highest BCUT2D eigenvalue weighted by Gasteiger charge is 2.25. The molecule has 1 aliphatic heterocycles. The first-order valence-corrected chi connectivity index (χ1v) is 9.55. The summed E-state index contributed by atoms with van der Waals surface area (Å²) in [6.07, 6.45) is 10.3. The van der Waals surface area contributed by atoms with Crippen molar-refractivity contribution in [3.05, 3.63) is 66.4 Å². The van der Waals surface area contributed by atoms with Crippen molar-refractivity contribution in [2.24, 2.45) is 0 Å². The van der Waals surface area contributed by atoms with Crippen molar-refractivity contribution in [3.63, 3.8) is 0 Å². The molecule has 144 valence electrons. The summed E-state index contributed by atoms with van der Waals surface area (Å²) in [7, 11) is 1.69. The smallest absolute Gasteiger partial charge is 0.228 e. The molecule has 1 fully saturated rings. The van der Waals surface area contributed by atoms with Crippen LogP contribution in [0.15, 0.2) is 55.1 Å². The summed E-state index contributed by atoms with van der Waals surface area (Å²) in [6.45, 7) is 1.96. The number of benzene rings is 1. The summed E-state index contributed by atoms with van der Waals surface area (Å²) in [4.78, 5) is 19.9. The molecule has 1 N–H and O–H groups in total. The molecule has 0 amide bonds. The first-order valence-electron chi connectivity index (χ1n) is 9.55. The summed E-state index contributed by atoms with van der Waals surface area (Å²) in [6, 6.07) is 10.6. The number of nitrogens with one attached hydrogen (secondary N) is 1. The van der Waals surface area contributed by atoms with Crippen molar-refractivity contribution < 1.29 is 4.74 Å². The molecule has 1 saturated heterocycles. The van der Waals surface area contributed by atoms with Gasteiger partial charge in [0, 0.05) is 25.1 Å². The topological polar surface area (TPSA) is 76.1 Å². The average Bonchev–Trinajstić information content (AvgIpc) is 2.76. The molecule has 0 radical (unpaired) electrons. The Morgan fingerprint density at radius 3 is 2.75 bits per heavy atom. The van der Waals surface area contributed by atoms with Gasteiger partial charge in [-0.2, -0.15) is 0 Å². The minimum atomic E-state index is 0.279. The van der Waals surface area contributed by atoms with E-state index in [2.05, 4.69) is 37.3 Å². The van der Waals surface area contributed by atoms with Crippen LogP contribution in [-0.4, -0.2) is 38.5 Å². The Balaban J connectivity index is 1.51. The molecular weight excluding hydrogens is 352 g/mol. The van der Waals surface area contributed by atoms with Crippen LogP contribution in [0.25, 0.3) is 0 Å². The second-order valence-corrected chi connectivity index (χ2v) is 6.85. The van der Waals surface area contributed by atoms with Crippen LogP contribution in [0.2, 0.25) is 0 Å². The van der Waals surface area contributed by atoms with Gasteiger partial charge >= 0.3 is 0 Å². The van der Waals surface area contributed by atoms with Gasteiger partial charge < -0.3 is 10.1 Å². The van der Waals surface area contributed by atoms with Gasteiger partial charge in [-0.15, -0.1) is 0 Å². The largest absolute Gasteiger partial charge is 0.497 e. The third-order valence-electron chi connectivity index (χ3n) is 4.98. The number of hydrogen-bond acceptors (Lipinski definition) is 7. The number of hydrogen-bond donors (Lipinski definition) is 1. The third-order valence-corrected chi connectivity index (χ3v) is 4.98. The Morgan fingerprint density at radius 1 is 1.07 bits per heavy atom. The van der Waals surface area contributed by atoms with E-state index in [1.54, 1.807) is 31.9 Å². The van der Waals surface area contributed by atoms with Gasteiger partial charge in [0.1, 0.15) is 5.75 Å². The van der Waals surface area contributed by atoms with Crippen LogP contribution in [0.5, 0.6) is 5.75 Å². The number of anilines is 2. The molecule has 3 heterocycles. The molecule has 7 heteroatoms. The van der Waals surface area contributed by atoms with E-state index < -0.39 is 0 Å². The van der Waals surface area contributed by atoms with E-state index >= 15 is 0 Å². The lowest BCUT2D eigenvalue weighted by Gasteiger charge is -2.35. The van der Waals surface area contributed by atoms with Crippen LogP contribution >= 0.6 is 0 Å². The first-order chi connectivity index (χ1) is 13.8. The van der Waals surface area contributed by atoms with E-state index in [9.17, 15) is 0 Å². The fourth-order valence-electron chi connectivity index (χ4n) is 3.58. The van der Waals surface area contributed by atoms with Crippen molar-refractivity contribution in [2.45, 2.75) is 31.8 Å².